The first-order chi connectivity index (χ1) is 8.55. The average molecular weight is 274 g/mol. The van der Waals surface area contributed by atoms with E-state index < -0.39 is 29.9 Å². The van der Waals surface area contributed by atoms with Crippen LogP contribution in [0.15, 0.2) is 0 Å². The standard InChI is InChI=1S/C12H22N2O5/c1-7(2)10(14-8(3)15)11(18)13-6-12(4,19)5-9(16)17/h7,10,19H,5-6H2,1-4H3,(H,13,18)(H,14,15)(H,16,17). The normalized spacial score (nSPS) is 15.5. The van der Waals surface area contributed by atoms with Gasteiger partial charge in [0, 0.05) is 13.5 Å². The highest BCUT2D eigenvalue weighted by Gasteiger charge is 2.28. The van der Waals surface area contributed by atoms with Crippen LogP contribution in [-0.4, -0.2) is 46.2 Å². The number of carboxylic acids is 1. The lowest BCUT2D eigenvalue weighted by Crippen LogP contribution is -2.52. The summed E-state index contributed by atoms with van der Waals surface area (Å²) in [6, 6.07) is -0.710. The maximum absolute atomic E-state index is 11.9. The van der Waals surface area contributed by atoms with Crippen LogP contribution in [0.1, 0.15) is 34.1 Å². The Morgan fingerprint density at radius 1 is 1.26 bits per heavy atom. The predicted molar refractivity (Wildman–Crippen MR) is 68.3 cm³/mol. The summed E-state index contributed by atoms with van der Waals surface area (Å²) in [6.45, 7) is 5.99. The summed E-state index contributed by atoms with van der Waals surface area (Å²) in [5.74, 6) is -2.04. The first kappa shape index (κ1) is 17.4. The summed E-state index contributed by atoms with van der Waals surface area (Å²) < 4.78 is 0. The van der Waals surface area contributed by atoms with Crippen LogP contribution < -0.4 is 10.6 Å². The van der Waals surface area contributed by atoms with Gasteiger partial charge >= 0.3 is 5.97 Å². The van der Waals surface area contributed by atoms with Crippen LogP contribution in [0.3, 0.4) is 0 Å². The summed E-state index contributed by atoms with van der Waals surface area (Å²) in [7, 11) is 0. The Labute approximate surface area is 112 Å². The SMILES string of the molecule is CC(=O)NC(C(=O)NCC(C)(O)CC(=O)O)C(C)C. The van der Waals surface area contributed by atoms with E-state index in [1.165, 1.54) is 13.8 Å². The molecule has 7 nitrogen and oxygen atoms in total. The van der Waals surface area contributed by atoms with E-state index in [2.05, 4.69) is 10.6 Å². The molecule has 0 aromatic carbocycles. The molecule has 0 rings (SSSR count). The number of rotatable bonds is 7. The molecule has 0 saturated heterocycles. The van der Waals surface area contributed by atoms with Gasteiger partial charge in [-0.1, -0.05) is 13.8 Å². The summed E-state index contributed by atoms with van der Waals surface area (Å²) in [5.41, 5.74) is -1.53. The molecule has 0 spiro atoms. The number of hydrogen-bond donors (Lipinski definition) is 4. The molecule has 0 aliphatic carbocycles. The Bertz CT molecular complexity index is 352. The fourth-order valence-corrected chi connectivity index (χ4v) is 1.53. The topological polar surface area (TPSA) is 116 Å². The third-order valence-electron chi connectivity index (χ3n) is 2.48. The van der Waals surface area contributed by atoms with E-state index >= 15 is 0 Å². The van der Waals surface area contributed by atoms with Crippen LogP contribution in [0.25, 0.3) is 0 Å². The number of aliphatic carboxylic acids is 1. The van der Waals surface area contributed by atoms with Crippen LogP contribution in [0.5, 0.6) is 0 Å². The Morgan fingerprint density at radius 3 is 2.16 bits per heavy atom. The summed E-state index contributed by atoms with van der Waals surface area (Å²) in [6.07, 6.45) is -0.472. The van der Waals surface area contributed by atoms with Crippen molar-refractivity contribution < 1.29 is 24.6 Å². The second kappa shape index (κ2) is 7.08. The van der Waals surface area contributed by atoms with Gasteiger partial charge in [-0.15, -0.1) is 0 Å². The predicted octanol–water partition coefficient (Wildman–Crippen LogP) is -0.511. The summed E-state index contributed by atoms with van der Waals surface area (Å²) in [5, 5.41) is 23.3. The van der Waals surface area contributed by atoms with Crippen molar-refractivity contribution in [1.82, 2.24) is 10.6 Å². The van der Waals surface area contributed by atoms with Gasteiger partial charge in [0.25, 0.3) is 0 Å². The number of aliphatic hydroxyl groups is 1. The Kier molecular flexibility index (Phi) is 6.47. The van der Waals surface area contributed by atoms with Gasteiger partial charge in [0.1, 0.15) is 6.04 Å². The van der Waals surface area contributed by atoms with E-state index in [9.17, 15) is 19.5 Å². The van der Waals surface area contributed by atoms with E-state index in [0.717, 1.165) is 0 Å². The van der Waals surface area contributed by atoms with Crippen molar-refractivity contribution in [3.8, 4) is 0 Å². The molecule has 0 aliphatic rings. The minimum Gasteiger partial charge on any atom is -0.481 e. The lowest BCUT2D eigenvalue weighted by molar-refractivity contribution is -0.142. The third-order valence-corrected chi connectivity index (χ3v) is 2.48. The van der Waals surface area contributed by atoms with Crippen LogP contribution in [0, 0.1) is 5.92 Å². The van der Waals surface area contributed by atoms with Gasteiger partial charge in [-0.3, -0.25) is 14.4 Å². The van der Waals surface area contributed by atoms with Crippen LogP contribution in [-0.2, 0) is 14.4 Å². The summed E-state index contributed by atoms with van der Waals surface area (Å²) in [4.78, 5) is 33.4. The van der Waals surface area contributed by atoms with Gasteiger partial charge in [0.15, 0.2) is 0 Å². The second-order valence-corrected chi connectivity index (χ2v) is 5.21. The highest BCUT2D eigenvalue weighted by Crippen LogP contribution is 2.08. The molecule has 7 heteroatoms. The van der Waals surface area contributed by atoms with Gasteiger partial charge in [-0.2, -0.15) is 0 Å². The number of carbonyl (C=O) groups excluding carboxylic acids is 2. The van der Waals surface area contributed by atoms with E-state index in [1.807, 2.05) is 0 Å². The Hall–Kier alpha value is -1.63. The van der Waals surface area contributed by atoms with Crippen molar-refractivity contribution in [2.75, 3.05) is 6.54 Å². The molecular weight excluding hydrogens is 252 g/mol. The molecule has 0 aromatic rings. The zero-order chi connectivity index (χ0) is 15.2. The van der Waals surface area contributed by atoms with Crippen molar-refractivity contribution in [2.45, 2.75) is 45.8 Å². The molecule has 2 amide bonds. The molecule has 2 unspecified atom stereocenters. The van der Waals surface area contributed by atoms with Gasteiger partial charge in [0.05, 0.1) is 12.0 Å². The van der Waals surface area contributed by atoms with E-state index in [4.69, 9.17) is 5.11 Å². The quantitative estimate of drug-likeness (QED) is 0.499. The van der Waals surface area contributed by atoms with Crippen LogP contribution >= 0.6 is 0 Å². The monoisotopic (exact) mass is 274 g/mol. The van der Waals surface area contributed by atoms with Gasteiger partial charge in [-0.05, 0) is 12.8 Å². The lowest BCUT2D eigenvalue weighted by atomic mass is 10.0. The van der Waals surface area contributed by atoms with Crippen molar-refractivity contribution in [3.05, 3.63) is 0 Å². The Morgan fingerprint density at radius 2 is 1.79 bits per heavy atom. The average Bonchev–Trinajstić information content (AvgIpc) is 2.20. The number of amides is 2. The van der Waals surface area contributed by atoms with E-state index in [-0.39, 0.29) is 18.4 Å². The number of carbonyl (C=O) groups is 3. The maximum atomic E-state index is 11.9. The lowest BCUT2D eigenvalue weighted by Gasteiger charge is -2.25. The fourth-order valence-electron chi connectivity index (χ4n) is 1.53. The molecule has 0 heterocycles. The smallest absolute Gasteiger partial charge is 0.306 e. The first-order valence-corrected chi connectivity index (χ1v) is 6.04. The van der Waals surface area contributed by atoms with Crippen LogP contribution in [0.4, 0.5) is 0 Å². The fraction of sp³-hybridized carbons (Fsp3) is 0.750. The van der Waals surface area contributed by atoms with Crippen molar-refractivity contribution in [1.29, 1.82) is 0 Å². The molecule has 0 saturated carbocycles. The molecule has 0 bridgehead atoms. The number of hydrogen-bond acceptors (Lipinski definition) is 4. The van der Waals surface area contributed by atoms with Crippen molar-refractivity contribution in [2.24, 2.45) is 5.92 Å². The highest BCUT2D eigenvalue weighted by atomic mass is 16.4. The molecule has 0 fully saturated rings. The minimum absolute atomic E-state index is 0.117. The van der Waals surface area contributed by atoms with Gasteiger partial charge < -0.3 is 20.8 Å². The molecule has 0 aromatic heterocycles. The molecular formula is C12H22N2O5. The Balaban J connectivity index is 4.49. The zero-order valence-electron chi connectivity index (χ0n) is 11.7. The van der Waals surface area contributed by atoms with E-state index in [1.54, 1.807) is 13.8 Å². The van der Waals surface area contributed by atoms with Crippen LogP contribution in [0.2, 0.25) is 0 Å². The maximum Gasteiger partial charge on any atom is 0.306 e. The van der Waals surface area contributed by atoms with Crippen molar-refractivity contribution >= 4 is 17.8 Å². The third kappa shape index (κ3) is 7.40. The first-order valence-electron chi connectivity index (χ1n) is 6.04. The second-order valence-electron chi connectivity index (χ2n) is 5.21. The molecule has 0 aliphatic heterocycles. The minimum atomic E-state index is -1.53. The van der Waals surface area contributed by atoms with Crippen molar-refractivity contribution in [3.63, 3.8) is 0 Å². The number of carboxylic acid groups (broad SMARTS) is 1. The molecule has 0 radical (unpaired) electrons. The molecule has 19 heavy (non-hydrogen) atoms. The zero-order valence-corrected chi connectivity index (χ0v) is 11.7. The van der Waals surface area contributed by atoms with E-state index in [0.29, 0.717) is 0 Å². The largest absolute Gasteiger partial charge is 0.481 e. The van der Waals surface area contributed by atoms with Gasteiger partial charge in [-0.25, -0.2) is 0 Å². The van der Waals surface area contributed by atoms with Gasteiger partial charge in [0.2, 0.25) is 11.8 Å². The highest BCUT2D eigenvalue weighted by molar-refractivity contribution is 5.87. The number of nitrogens with one attached hydrogen (secondary N) is 2. The molecule has 110 valence electrons. The molecule has 2 atom stereocenters. The summed E-state index contributed by atoms with van der Waals surface area (Å²) >= 11 is 0. The molecule has 4 N–H and O–H groups in total.